The minimum atomic E-state index is 0.558. The molecule has 0 saturated carbocycles. The van der Waals surface area contributed by atoms with Crippen LogP contribution in [-0.4, -0.2) is 33.9 Å². The predicted molar refractivity (Wildman–Crippen MR) is 102 cm³/mol. The van der Waals surface area contributed by atoms with Crippen LogP contribution in [0.25, 0.3) is 5.57 Å². The molecule has 5 nitrogen and oxygen atoms in total. The maximum atomic E-state index is 9.31. The molecule has 0 atom stereocenters. The Morgan fingerprint density at radius 2 is 2.04 bits per heavy atom. The largest absolute Gasteiger partial charge is 0.497 e. The van der Waals surface area contributed by atoms with Crippen LogP contribution in [0.4, 0.5) is 5.69 Å². The van der Waals surface area contributed by atoms with Crippen LogP contribution in [0, 0.1) is 11.3 Å². The Kier molecular flexibility index (Phi) is 5.33. The summed E-state index contributed by atoms with van der Waals surface area (Å²) in [5.41, 5.74) is 3.62. The lowest BCUT2D eigenvalue weighted by atomic mass is 9.96. The average molecular weight is 350 g/mol. The highest BCUT2D eigenvalue weighted by Crippen LogP contribution is 2.36. The van der Waals surface area contributed by atoms with Crippen molar-refractivity contribution in [3.63, 3.8) is 0 Å². The van der Waals surface area contributed by atoms with Crippen LogP contribution in [0.15, 0.2) is 42.5 Å². The Bertz CT molecular complexity index is 868. The van der Waals surface area contributed by atoms with E-state index in [2.05, 4.69) is 11.0 Å². The molecule has 0 bridgehead atoms. The van der Waals surface area contributed by atoms with Crippen LogP contribution in [0.2, 0.25) is 0 Å². The van der Waals surface area contributed by atoms with Gasteiger partial charge in [0.25, 0.3) is 0 Å². The topological polar surface area (TPSA) is 54.7 Å². The monoisotopic (exact) mass is 350 g/mol. The normalized spacial score (nSPS) is 13.5. The number of ether oxygens (including phenoxy) is 3. The fraction of sp³-hybridized carbons (Fsp3) is 0.286. The first-order valence-corrected chi connectivity index (χ1v) is 8.56. The number of nitrogens with zero attached hydrogens (tertiary/aromatic N) is 2. The van der Waals surface area contributed by atoms with Gasteiger partial charge in [-0.2, -0.15) is 5.26 Å². The first-order chi connectivity index (χ1) is 12.7. The Hall–Kier alpha value is -3.13. The minimum absolute atomic E-state index is 0.558. The zero-order valence-corrected chi connectivity index (χ0v) is 15.3. The van der Waals surface area contributed by atoms with Gasteiger partial charge in [-0.25, -0.2) is 0 Å². The standard InChI is InChI=1S/C21H22N2O3/c1-4-25-18-12-16(11-17(14-18)24-3)19(7-8-22)15-5-6-20-21(13-15)26-10-9-23(20)2/h5-7,11-14H,4,9-10H2,1-3H3/b19-7+. The zero-order chi connectivity index (χ0) is 18.5. The summed E-state index contributed by atoms with van der Waals surface area (Å²) in [5.74, 6) is 2.22. The summed E-state index contributed by atoms with van der Waals surface area (Å²) in [6.45, 7) is 4.00. The molecule has 0 N–H and O–H groups in total. The predicted octanol–water partition coefficient (Wildman–Crippen LogP) is 3.88. The lowest BCUT2D eigenvalue weighted by Crippen LogP contribution is -2.28. The molecule has 1 aliphatic heterocycles. The molecular weight excluding hydrogens is 328 g/mol. The SMILES string of the molecule is CCOc1cc(OC)cc(/C(=C/C#N)c2ccc3c(c2)OCCN3C)c1. The molecule has 134 valence electrons. The van der Waals surface area contributed by atoms with E-state index in [4.69, 9.17) is 14.2 Å². The molecule has 5 heteroatoms. The number of likely N-dealkylation sites (N-methyl/N-ethyl adjacent to an activating group) is 1. The smallest absolute Gasteiger partial charge is 0.143 e. The van der Waals surface area contributed by atoms with Gasteiger partial charge in [-0.05, 0) is 47.9 Å². The third-order valence-electron chi connectivity index (χ3n) is 4.31. The van der Waals surface area contributed by atoms with E-state index in [1.807, 2.05) is 50.4 Å². The highest BCUT2D eigenvalue weighted by atomic mass is 16.5. The average Bonchev–Trinajstić information content (AvgIpc) is 2.66. The number of allylic oxidation sites excluding steroid dienone is 1. The van der Waals surface area contributed by atoms with Crippen molar-refractivity contribution in [2.45, 2.75) is 6.92 Å². The maximum Gasteiger partial charge on any atom is 0.143 e. The van der Waals surface area contributed by atoms with E-state index >= 15 is 0 Å². The van der Waals surface area contributed by atoms with Gasteiger partial charge in [-0.3, -0.25) is 0 Å². The molecule has 26 heavy (non-hydrogen) atoms. The first-order valence-electron chi connectivity index (χ1n) is 8.56. The van der Waals surface area contributed by atoms with Crippen LogP contribution in [-0.2, 0) is 0 Å². The molecule has 1 heterocycles. The van der Waals surface area contributed by atoms with Crippen molar-refractivity contribution < 1.29 is 14.2 Å². The fourth-order valence-corrected chi connectivity index (χ4v) is 3.02. The van der Waals surface area contributed by atoms with Gasteiger partial charge in [0, 0.05) is 19.2 Å². The van der Waals surface area contributed by atoms with Crippen molar-refractivity contribution in [1.82, 2.24) is 0 Å². The number of hydrogen-bond acceptors (Lipinski definition) is 5. The van der Waals surface area contributed by atoms with Gasteiger partial charge in [0.15, 0.2) is 0 Å². The van der Waals surface area contributed by atoms with E-state index in [0.29, 0.717) is 24.7 Å². The second-order valence-corrected chi connectivity index (χ2v) is 5.97. The van der Waals surface area contributed by atoms with Gasteiger partial charge in [-0.15, -0.1) is 0 Å². The molecule has 0 amide bonds. The second-order valence-electron chi connectivity index (χ2n) is 5.97. The lowest BCUT2D eigenvalue weighted by molar-refractivity contribution is 0.311. The molecule has 0 radical (unpaired) electrons. The van der Waals surface area contributed by atoms with Gasteiger partial charge in [0.2, 0.25) is 0 Å². The summed E-state index contributed by atoms with van der Waals surface area (Å²) in [4.78, 5) is 2.16. The Balaban J connectivity index is 2.07. The maximum absolute atomic E-state index is 9.31. The summed E-state index contributed by atoms with van der Waals surface area (Å²) < 4.78 is 16.8. The van der Waals surface area contributed by atoms with E-state index in [-0.39, 0.29) is 0 Å². The number of rotatable bonds is 5. The molecule has 0 fully saturated rings. The van der Waals surface area contributed by atoms with Gasteiger partial charge in [-0.1, -0.05) is 6.07 Å². The van der Waals surface area contributed by atoms with Crippen LogP contribution in [0.5, 0.6) is 17.2 Å². The molecule has 1 aliphatic rings. The Morgan fingerprint density at radius 1 is 1.23 bits per heavy atom. The van der Waals surface area contributed by atoms with Crippen molar-refractivity contribution in [3.05, 3.63) is 53.6 Å². The van der Waals surface area contributed by atoms with Crippen molar-refractivity contribution in [2.75, 3.05) is 38.8 Å². The highest BCUT2D eigenvalue weighted by Gasteiger charge is 2.17. The van der Waals surface area contributed by atoms with Crippen molar-refractivity contribution in [2.24, 2.45) is 0 Å². The van der Waals surface area contributed by atoms with E-state index in [9.17, 15) is 5.26 Å². The summed E-state index contributed by atoms with van der Waals surface area (Å²) in [5, 5.41) is 9.31. The minimum Gasteiger partial charge on any atom is -0.497 e. The highest BCUT2D eigenvalue weighted by molar-refractivity contribution is 5.84. The number of fused-ring (bicyclic) bond motifs is 1. The van der Waals surface area contributed by atoms with Crippen molar-refractivity contribution in [3.8, 4) is 23.3 Å². The van der Waals surface area contributed by atoms with Crippen molar-refractivity contribution in [1.29, 1.82) is 5.26 Å². The number of methoxy groups -OCH3 is 1. The lowest BCUT2D eigenvalue weighted by Gasteiger charge is -2.28. The van der Waals surface area contributed by atoms with Gasteiger partial charge >= 0.3 is 0 Å². The molecule has 0 saturated heterocycles. The molecular formula is C21H22N2O3. The molecule has 2 aromatic carbocycles. The van der Waals surface area contributed by atoms with E-state index < -0.39 is 0 Å². The summed E-state index contributed by atoms with van der Waals surface area (Å²) in [6, 6.07) is 13.8. The number of nitriles is 1. The molecule has 3 rings (SSSR count). The summed E-state index contributed by atoms with van der Waals surface area (Å²) >= 11 is 0. The van der Waals surface area contributed by atoms with Crippen LogP contribution in [0.3, 0.4) is 0 Å². The third-order valence-corrected chi connectivity index (χ3v) is 4.31. The first kappa shape index (κ1) is 17.7. The number of benzene rings is 2. The second kappa shape index (κ2) is 7.83. The zero-order valence-electron chi connectivity index (χ0n) is 15.3. The van der Waals surface area contributed by atoms with E-state index in [1.54, 1.807) is 13.2 Å². The summed E-state index contributed by atoms with van der Waals surface area (Å²) in [7, 11) is 3.66. The molecule has 2 aromatic rings. The Morgan fingerprint density at radius 3 is 2.77 bits per heavy atom. The van der Waals surface area contributed by atoms with E-state index in [0.717, 1.165) is 34.7 Å². The fourth-order valence-electron chi connectivity index (χ4n) is 3.02. The van der Waals surface area contributed by atoms with Gasteiger partial charge in [0.1, 0.15) is 23.9 Å². The molecule has 0 spiro atoms. The Labute approximate surface area is 154 Å². The molecule has 0 unspecified atom stereocenters. The molecule has 0 aliphatic carbocycles. The number of anilines is 1. The van der Waals surface area contributed by atoms with E-state index in [1.165, 1.54) is 0 Å². The van der Waals surface area contributed by atoms with Gasteiger partial charge in [0.05, 0.1) is 32.0 Å². The molecule has 0 aromatic heterocycles. The summed E-state index contributed by atoms with van der Waals surface area (Å²) in [6.07, 6.45) is 1.54. The van der Waals surface area contributed by atoms with Crippen LogP contribution >= 0.6 is 0 Å². The van der Waals surface area contributed by atoms with Crippen LogP contribution in [0.1, 0.15) is 18.1 Å². The quantitative estimate of drug-likeness (QED) is 0.766. The van der Waals surface area contributed by atoms with Crippen LogP contribution < -0.4 is 19.1 Å². The van der Waals surface area contributed by atoms with Crippen molar-refractivity contribution >= 4 is 11.3 Å². The number of hydrogen-bond donors (Lipinski definition) is 0. The third kappa shape index (κ3) is 3.60. The van der Waals surface area contributed by atoms with Gasteiger partial charge < -0.3 is 19.1 Å².